The van der Waals surface area contributed by atoms with Gasteiger partial charge in [0.05, 0.1) is 6.04 Å². The molecule has 14 heavy (non-hydrogen) atoms. The van der Waals surface area contributed by atoms with Crippen LogP contribution in [0.25, 0.3) is 0 Å². The van der Waals surface area contributed by atoms with E-state index >= 15 is 0 Å². The molecule has 76 valence electrons. The molecule has 0 radical (unpaired) electrons. The van der Waals surface area contributed by atoms with Gasteiger partial charge in [-0.1, -0.05) is 12.8 Å². The summed E-state index contributed by atoms with van der Waals surface area (Å²) in [5, 5.41) is 0. The highest BCUT2D eigenvalue weighted by molar-refractivity contribution is 6.03. The average Bonchev–Trinajstić information content (AvgIpc) is 2.66. The summed E-state index contributed by atoms with van der Waals surface area (Å²) in [7, 11) is 0. The number of dihydropyridines is 1. The molecule has 2 atom stereocenters. The van der Waals surface area contributed by atoms with Gasteiger partial charge >= 0.3 is 0 Å². The van der Waals surface area contributed by atoms with E-state index in [1.54, 1.807) is 0 Å². The summed E-state index contributed by atoms with van der Waals surface area (Å²) >= 11 is 0. The lowest BCUT2D eigenvalue weighted by Crippen LogP contribution is -2.33. The predicted octanol–water partition coefficient (Wildman–Crippen LogP) is 2.40. The molecule has 2 saturated carbocycles. The fraction of sp³-hybridized carbons (Fsp3) is 0.750. The second-order valence-electron chi connectivity index (χ2n) is 4.82. The first-order chi connectivity index (χ1) is 6.86. The number of allylic oxidation sites excluding steroid dienone is 1. The molecule has 0 amide bonds. The summed E-state index contributed by atoms with van der Waals surface area (Å²) in [5.41, 5.74) is 10.3. The van der Waals surface area contributed by atoms with Crippen molar-refractivity contribution >= 4 is 5.71 Å². The standard InChI is InChI=1S/C12H18N2/c13-12-8-4-1-2-6-10(8)14-11-7-3-5-9(11)12/h8,10H,1-7,13H2/t8-,10-/m0/s1. The van der Waals surface area contributed by atoms with Crippen molar-refractivity contribution in [3.05, 3.63) is 11.3 Å². The third kappa shape index (κ3) is 1.13. The highest BCUT2D eigenvalue weighted by Gasteiger charge is 2.34. The SMILES string of the molecule is NC1=C2CCCC2=N[C@H]2CCCC[C@H]12. The molecule has 0 aromatic heterocycles. The first kappa shape index (κ1) is 8.51. The number of nitrogens with two attached hydrogens (primary N) is 1. The Morgan fingerprint density at radius 2 is 1.93 bits per heavy atom. The van der Waals surface area contributed by atoms with E-state index in [0.717, 1.165) is 0 Å². The highest BCUT2D eigenvalue weighted by Crippen LogP contribution is 2.39. The van der Waals surface area contributed by atoms with Gasteiger partial charge in [-0.05, 0) is 37.7 Å². The van der Waals surface area contributed by atoms with Gasteiger partial charge < -0.3 is 5.73 Å². The van der Waals surface area contributed by atoms with Crippen molar-refractivity contribution in [1.29, 1.82) is 0 Å². The summed E-state index contributed by atoms with van der Waals surface area (Å²) in [4.78, 5) is 4.89. The molecule has 2 aliphatic carbocycles. The average molecular weight is 190 g/mol. The van der Waals surface area contributed by atoms with E-state index in [9.17, 15) is 0 Å². The smallest absolute Gasteiger partial charge is 0.0585 e. The van der Waals surface area contributed by atoms with Crippen LogP contribution >= 0.6 is 0 Å². The quantitative estimate of drug-likeness (QED) is 0.626. The maximum atomic E-state index is 6.27. The third-order valence-corrected chi connectivity index (χ3v) is 3.99. The van der Waals surface area contributed by atoms with Crippen LogP contribution in [0.4, 0.5) is 0 Å². The van der Waals surface area contributed by atoms with Gasteiger partial charge in [-0.3, -0.25) is 4.99 Å². The van der Waals surface area contributed by atoms with E-state index < -0.39 is 0 Å². The van der Waals surface area contributed by atoms with Crippen molar-refractivity contribution in [1.82, 2.24) is 0 Å². The van der Waals surface area contributed by atoms with E-state index in [1.807, 2.05) is 0 Å². The molecular formula is C12H18N2. The third-order valence-electron chi connectivity index (χ3n) is 3.99. The molecule has 1 aliphatic heterocycles. The topological polar surface area (TPSA) is 38.4 Å². The molecule has 3 rings (SSSR count). The first-order valence-corrected chi connectivity index (χ1v) is 5.92. The Morgan fingerprint density at radius 3 is 2.86 bits per heavy atom. The fourth-order valence-electron chi connectivity index (χ4n) is 3.23. The van der Waals surface area contributed by atoms with Crippen molar-refractivity contribution in [3.63, 3.8) is 0 Å². The number of hydrogen-bond acceptors (Lipinski definition) is 2. The molecule has 3 aliphatic rings. The molecule has 2 nitrogen and oxygen atoms in total. The largest absolute Gasteiger partial charge is 0.401 e. The second kappa shape index (κ2) is 3.11. The summed E-state index contributed by atoms with van der Waals surface area (Å²) in [5.74, 6) is 0.598. The minimum Gasteiger partial charge on any atom is -0.401 e. The molecule has 2 N–H and O–H groups in total. The molecule has 1 heterocycles. The molecular weight excluding hydrogens is 172 g/mol. The number of hydrogen-bond donors (Lipinski definition) is 1. The van der Waals surface area contributed by atoms with Crippen molar-refractivity contribution < 1.29 is 0 Å². The van der Waals surface area contributed by atoms with Crippen LogP contribution in [-0.2, 0) is 0 Å². The molecule has 2 fully saturated rings. The molecule has 0 saturated heterocycles. The predicted molar refractivity (Wildman–Crippen MR) is 58.2 cm³/mol. The van der Waals surface area contributed by atoms with Crippen LogP contribution in [0.1, 0.15) is 44.9 Å². The summed E-state index contributed by atoms with van der Waals surface area (Å²) in [6, 6.07) is 0.542. The zero-order chi connectivity index (χ0) is 9.54. The van der Waals surface area contributed by atoms with Crippen LogP contribution in [-0.4, -0.2) is 11.8 Å². The number of nitrogens with zero attached hydrogens (tertiary/aromatic N) is 1. The van der Waals surface area contributed by atoms with Gasteiger partial charge in [0.2, 0.25) is 0 Å². The van der Waals surface area contributed by atoms with E-state index in [4.69, 9.17) is 10.7 Å². The Labute approximate surface area is 85.3 Å². The molecule has 0 bridgehead atoms. The Kier molecular flexibility index (Phi) is 1.89. The van der Waals surface area contributed by atoms with Crippen molar-refractivity contribution in [2.75, 3.05) is 0 Å². The van der Waals surface area contributed by atoms with Gasteiger partial charge in [-0.25, -0.2) is 0 Å². The Bertz CT molecular complexity index is 314. The van der Waals surface area contributed by atoms with Crippen LogP contribution in [0.2, 0.25) is 0 Å². The van der Waals surface area contributed by atoms with Crippen LogP contribution in [0, 0.1) is 5.92 Å². The van der Waals surface area contributed by atoms with Gasteiger partial charge in [0.1, 0.15) is 0 Å². The Hall–Kier alpha value is -0.790. The fourth-order valence-corrected chi connectivity index (χ4v) is 3.23. The second-order valence-corrected chi connectivity index (χ2v) is 4.82. The van der Waals surface area contributed by atoms with E-state index in [2.05, 4.69) is 0 Å². The number of fused-ring (bicyclic) bond motifs is 2. The van der Waals surface area contributed by atoms with Crippen molar-refractivity contribution in [2.45, 2.75) is 51.0 Å². The lowest BCUT2D eigenvalue weighted by Gasteiger charge is -2.33. The van der Waals surface area contributed by atoms with Crippen LogP contribution < -0.4 is 5.73 Å². The highest BCUT2D eigenvalue weighted by atomic mass is 14.9. The molecule has 2 heteroatoms. The molecule has 0 spiro atoms. The van der Waals surface area contributed by atoms with Crippen LogP contribution in [0.3, 0.4) is 0 Å². The van der Waals surface area contributed by atoms with Crippen molar-refractivity contribution in [2.24, 2.45) is 16.6 Å². The van der Waals surface area contributed by atoms with Gasteiger partial charge in [0.25, 0.3) is 0 Å². The van der Waals surface area contributed by atoms with Gasteiger partial charge in [0, 0.05) is 17.3 Å². The van der Waals surface area contributed by atoms with Crippen molar-refractivity contribution in [3.8, 4) is 0 Å². The molecule has 0 aromatic carbocycles. The first-order valence-electron chi connectivity index (χ1n) is 5.92. The van der Waals surface area contributed by atoms with E-state index in [1.165, 1.54) is 61.9 Å². The van der Waals surface area contributed by atoms with Gasteiger partial charge in [-0.15, -0.1) is 0 Å². The number of rotatable bonds is 0. The van der Waals surface area contributed by atoms with Crippen LogP contribution in [0.15, 0.2) is 16.3 Å². The minimum absolute atomic E-state index is 0.542. The zero-order valence-electron chi connectivity index (χ0n) is 8.63. The minimum atomic E-state index is 0.542. The molecule has 0 aromatic rings. The zero-order valence-corrected chi connectivity index (χ0v) is 8.63. The summed E-state index contributed by atoms with van der Waals surface area (Å²) in [6.45, 7) is 0. The maximum absolute atomic E-state index is 6.27. The van der Waals surface area contributed by atoms with Gasteiger partial charge in [0.15, 0.2) is 0 Å². The van der Waals surface area contributed by atoms with Gasteiger partial charge in [-0.2, -0.15) is 0 Å². The lowest BCUT2D eigenvalue weighted by molar-refractivity contribution is 0.342. The summed E-state index contributed by atoms with van der Waals surface area (Å²) < 4.78 is 0. The van der Waals surface area contributed by atoms with E-state index in [-0.39, 0.29) is 0 Å². The van der Waals surface area contributed by atoms with E-state index in [0.29, 0.717) is 12.0 Å². The lowest BCUT2D eigenvalue weighted by atomic mass is 9.79. The monoisotopic (exact) mass is 190 g/mol. The number of aliphatic imine (C=N–C) groups is 1. The Morgan fingerprint density at radius 1 is 1.07 bits per heavy atom. The van der Waals surface area contributed by atoms with Crippen LogP contribution in [0.5, 0.6) is 0 Å². The Balaban J connectivity index is 1.98. The summed E-state index contributed by atoms with van der Waals surface area (Å²) in [6.07, 6.45) is 8.88. The molecule has 0 unspecified atom stereocenters. The normalized spacial score (nSPS) is 36.4. The maximum Gasteiger partial charge on any atom is 0.0585 e.